The summed E-state index contributed by atoms with van der Waals surface area (Å²) in [5.74, 6) is 1.00. The van der Waals surface area contributed by atoms with Gasteiger partial charge < -0.3 is 4.90 Å². The van der Waals surface area contributed by atoms with Crippen LogP contribution in [-0.4, -0.2) is 18.4 Å². The van der Waals surface area contributed by atoms with Crippen LogP contribution in [-0.2, 0) is 0 Å². The molecule has 0 amide bonds. The Bertz CT molecular complexity index is 512. The van der Waals surface area contributed by atoms with Crippen molar-refractivity contribution in [2.75, 3.05) is 11.4 Å². The van der Waals surface area contributed by atoms with Gasteiger partial charge in [0.05, 0.1) is 0 Å². The van der Waals surface area contributed by atoms with Gasteiger partial charge in [-0.1, -0.05) is 28.8 Å². The molecule has 1 saturated heterocycles. The summed E-state index contributed by atoms with van der Waals surface area (Å²) in [6.45, 7) is 2.77. The number of halogens is 1. The molecular weight excluding hydrogens is 314 g/mol. The molecule has 2 fully saturated rings. The maximum Gasteiger partial charge on any atom is 0.161 e. The SMILES string of the molecule is CC(=O)c1cc(Br)ccc1N1CCC[C@H]2CCCC[C@H]21. The van der Waals surface area contributed by atoms with Crippen LogP contribution in [0.25, 0.3) is 0 Å². The van der Waals surface area contributed by atoms with E-state index in [4.69, 9.17) is 0 Å². The predicted octanol–water partition coefficient (Wildman–Crippen LogP) is 4.81. The molecule has 3 heteroatoms. The quantitative estimate of drug-likeness (QED) is 0.722. The summed E-state index contributed by atoms with van der Waals surface area (Å²) in [5, 5.41) is 0. The van der Waals surface area contributed by atoms with E-state index in [0.29, 0.717) is 6.04 Å². The largest absolute Gasteiger partial charge is 0.368 e. The van der Waals surface area contributed by atoms with Crippen molar-refractivity contribution in [1.29, 1.82) is 0 Å². The highest BCUT2D eigenvalue weighted by atomic mass is 79.9. The van der Waals surface area contributed by atoms with Crippen LogP contribution in [0.1, 0.15) is 55.8 Å². The van der Waals surface area contributed by atoms with Crippen LogP contribution in [0.3, 0.4) is 0 Å². The van der Waals surface area contributed by atoms with Crippen LogP contribution in [0.15, 0.2) is 22.7 Å². The van der Waals surface area contributed by atoms with Gasteiger partial charge in [0.1, 0.15) is 0 Å². The third-order valence-electron chi connectivity index (χ3n) is 4.89. The van der Waals surface area contributed by atoms with E-state index in [2.05, 4.69) is 33.0 Å². The highest BCUT2D eigenvalue weighted by Crippen LogP contribution is 2.39. The van der Waals surface area contributed by atoms with Crippen molar-refractivity contribution in [1.82, 2.24) is 0 Å². The van der Waals surface area contributed by atoms with E-state index in [0.717, 1.165) is 28.2 Å². The Labute approximate surface area is 129 Å². The Morgan fingerprint density at radius 3 is 2.75 bits per heavy atom. The average Bonchev–Trinajstić information content (AvgIpc) is 2.46. The third kappa shape index (κ3) is 2.65. The van der Waals surface area contributed by atoms with Crippen LogP contribution in [0.2, 0.25) is 0 Å². The van der Waals surface area contributed by atoms with Crippen molar-refractivity contribution in [3.63, 3.8) is 0 Å². The normalized spacial score (nSPS) is 26.2. The van der Waals surface area contributed by atoms with Gasteiger partial charge in [0.15, 0.2) is 5.78 Å². The van der Waals surface area contributed by atoms with Gasteiger partial charge in [-0.3, -0.25) is 4.79 Å². The number of piperidine rings is 1. The van der Waals surface area contributed by atoms with Gasteiger partial charge in [-0.25, -0.2) is 0 Å². The number of anilines is 1. The van der Waals surface area contributed by atoms with Gasteiger partial charge in [0.25, 0.3) is 0 Å². The summed E-state index contributed by atoms with van der Waals surface area (Å²) >= 11 is 3.49. The second kappa shape index (κ2) is 5.88. The first kappa shape index (κ1) is 14.1. The third-order valence-corrected chi connectivity index (χ3v) is 5.38. The summed E-state index contributed by atoms with van der Waals surface area (Å²) in [6, 6.07) is 6.81. The Hall–Kier alpha value is -0.830. The van der Waals surface area contributed by atoms with Crippen molar-refractivity contribution >= 4 is 27.4 Å². The Balaban J connectivity index is 1.96. The van der Waals surface area contributed by atoms with Crippen LogP contribution in [0.5, 0.6) is 0 Å². The summed E-state index contributed by atoms with van der Waals surface area (Å²) in [6.07, 6.45) is 8.01. The van der Waals surface area contributed by atoms with E-state index >= 15 is 0 Å². The summed E-state index contributed by atoms with van der Waals surface area (Å²) in [7, 11) is 0. The molecule has 0 N–H and O–H groups in total. The average molecular weight is 336 g/mol. The summed E-state index contributed by atoms with van der Waals surface area (Å²) < 4.78 is 0.989. The smallest absolute Gasteiger partial charge is 0.161 e. The van der Waals surface area contributed by atoms with E-state index in [-0.39, 0.29) is 5.78 Å². The fraction of sp³-hybridized carbons (Fsp3) is 0.588. The van der Waals surface area contributed by atoms with Crippen molar-refractivity contribution in [3.05, 3.63) is 28.2 Å². The van der Waals surface area contributed by atoms with E-state index in [1.54, 1.807) is 6.92 Å². The molecule has 1 aliphatic carbocycles. The molecule has 1 saturated carbocycles. The highest BCUT2D eigenvalue weighted by molar-refractivity contribution is 9.10. The molecule has 20 heavy (non-hydrogen) atoms. The van der Waals surface area contributed by atoms with E-state index in [9.17, 15) is 4.79 Å². The Morgan fingerprint density at radius 1 is 1.20 bits per heavy atom. The molecule has 2 atom stereocenters. The number of carbonyl (C=O) groups is 1. The van der Waals surface area contributed by atoms with Gasteiger partial charge in [-0.05, 0) is 56.7 Å². The first-order chi connectivity index (χ1) is 9.66. The number of hydrogen-bond acceptors (Lipinski definition) is 2. The lowest BCUT2D eigenvalue weighted by Gasteiger charge is -2.46. The highest BCUT2D eigenvalue weighted by Gasteiger charge is 2.34. The van der Waals surface area contributed by atoms with Gasteiger partial charge >= 0.3 is 0 Å². The molecule has 108 valence electrons. The topological polar surface area (TPSA) is 20.3 Å². The molecule has 0 bridgehead atoms. The Kier molecular flexibility index (Phi) is 4.16. The van der Waals surface area contributed by atoms with Crippen molar-refractivity contribution < 1.29 is 4.79 Å². The number of rotatable bonds is 2. The molecular formula is C17H22BrNO. The molecule has 0 unspecified atom stereocenters. The van der Waals surface area contributed by atoms with Gasteiger partial charge in [-0.15, -0.1) is 0 Å². The number of fused-ring (bicyclic) bond motifs is 1. The van der Waals surface area contributed by atoms with E-state index in [1.165, 1.54) is 38.5 Å². The second-order valence-corrected chi connectivity index (χ2v) is 7.08. The van der Waals surface area contributed by atoms with Gasteiger partial charge in [0.2, 0.25) is 0 Å². The molecule has 1 aliphatic heterocycles. The Morgan fingerprint density at radius 2 is 1.95 bits per heavy atom. The van der Waals surface area contributed by atoms with Crippen LogP contribution in [0, 0.1) is 5.92 Å². The standard InChI is InChI=1S/C17H22BrNO/c1-12(20)15-11-14(18)8-9-17(15)19-10-4-6-13-5-2-3-7-16(13)19/h8-9,11,13,16H,2-7,10H2,1H3/t13-,16-/m1/s1. The van der Waals surface area contributed by atoms with Crippen molar-refractivity contribution in [3.8, 4) is 0 Å². The van der Waals surface area contributed by atoms with Crippen LogP contribution in [0.4, 0.5) is 5.69 Å². The first-order valence-corrected chi connectivity index (χ1v) is 8.53. The molecule has 2 nitrogen and oxygen atoms in total. The molecule has 0 aromatic heterocycles. The predicted molar refractivity (Wildman–Crippen MR) is 86.5 cm³/mol. The lowest BCUT2D eigenvalue weighted by molar-refractivity contribution is 0.101. The van der Waals surface area contributed by atoms with E-state index < -0.39 is 0 Å². The maximum atomic E-state index is 12.0. The van der Waals surface area contributed by atoms with Gasteiger partial charge in [-0.2, -0.15) is 0 Å². The number of hydrogen-bond donors (Lipinski definition) is 0. The lowest BCUT2D eigenvalue weighted by Crippen LogP contribution is -2.47. The maximum absolute atomic E-state index is 12.0. The molecule has 1 aromatic rings. The minimum absolute atomic E-state index is 0.166. The molecule has 3 rings (SSSR count). The zero-order valence-corrected chi connectivity index (χ0v) is 13.7. The fourth-order valence-corrected chi connectivity index (χ4v) is 4.33. The fourth-order valence-electron chi connectivity index (χ4n) is 3.96. The number of nitrogens with zero attached hydrogens (tertiary/aromatic N) is 1. The van der Waals surface area contributed by atoms with Crippen LogP contribution < -0.4 is 4.90 Å². The number of carbonyl (C=O) groups excluding carboxylic acids is 1. The second-order valence-electron chi connectivity index (χ2n) is 6.17. The molecule has 0 radical (unpaired) electrons. The minimum Gasteiger partial charge on any atom is -0.368 e. The zero-order chi connectivity index (χ0) is 14.1. The van der Waals surface area contributed by atoms with E-state index in [1.807, 2.05) is 6.07 Å². The summed E-state index contributed by atoms with van der Waals surface area (Å²) in [4.78, 5) is 14.5. The first-order valence-electron chi connectivity index (χ1n) is 7.74. The zero-order valence-electron chi connectivity index (χ0n) is 12.1. The number of Topliss-reactive ketones (excluding diaryl/α,β-unsaturated/α-hetero) is 1. The monoisotopic (exact) mass is 335 g/mol. The van der Waals surface area contributed by atoms with Gasteiger partial charge in [0, 0.05) is 28.3 Å². The lowest BCUT2D eigenvalue weighted by atomic mass is 9.78. The molecule has 1 aromatic carbocycles. The van der Waals surface area contributed by atoms with Crippen molar-refractivity contribution in [2.24, 2.45) is 5.92 Å². The number of benzene rings is 1. The molecule has 1 heterocycles. The van der Waals surface area contributed by atoms with Crippen LogP contribution >= 0.6 is 15.9 Å². The summed E-state index contributed by atoms with van der Waals surface area (Å²) in [5.41, 5.74) is 2.02. The number of ketones is 1. The van der Waals surface area contributed by atoms with Crippen molar-refractivity contribution in [2.45, 2.75) is 51.5 Å². The molecule has 2 aliphatic rings. The minimum atomic E-state index is 0.166. The molecule has 0 spiro atoms.